The molecule has 106 valence electrons. The number of anilines is 1. The first-order chi connectivity index (χ1) is 10.2. The van der Waals surface area contributed by atoms with Crippen LogP contribution >= 0.6 is 0 Å². The van der Waals surface area contributed by atoms with E-state index in [1.54, 1.807) is 13.3 Å². The summed E-state index contributed by atoms with van der Waals surface area (Å²) in [6, 6.07) is 16.6. The minimum atomic E-state index is 0.805. The van der Waals surface area contributed by atoms with Gasteiger partial charge in [0, 0.05) is 31.4 Å². The monoisotopic (exact) mass is 278 g/mol. The van der Waals surface area contributed by atoms with E-state index in [4.69, 9.17) is 4.74 Å². The van der Waals surface area contributed by atoms with Gasteiger partial charge in [0.2, 0.25) is 0 Å². The van der Waals surface area contributed by atoms with Crippen LogP contribution in [-0.2, 0) is 0 Å². The van der Waals surface area contributed by atoms with Crippen LogP contribution in [0.4, 0.5) is 5.69 Å². The van der Waals surface area contributed by atoms with E-state index in [2.05, 4.69) is 46.3 Å². The molecule has 0 radical (unpaired) electrons. The van der Waals surface area contributed by atoms with E-state index in [-0.39, 0.29) is 0 Å². The molecule has 3 heteroatoms. The molecule has 1 aromatic heterocycles. The Labute approximate surface area is 124 Å². The summed E-state index contributed by atoms with van der Waals surface area (Å²) >= 11 is 0. The highest BCUT2D eigenvalue weighted by Gasteiger charge is 2.09. The van der Waals surface area contributed by atoms with E-state index in [1.807, 2.05) is 26.2 Å². The van der Waals surface area contributed by atoms with Crippen LogP contribution in [0.5, 0.6) is 5.75 Å². The molecule has 0 unspecified atom stereocenters. The molecule has 0 saturated carbocycles. The topological polar surface area (TPSA) is 25.4 Å². The second-order valence-electron chi connectivity index (χ2n) is 5.16. The fourth-order valence-corrected chi connectivity index (χ4v) is 2.50. The van der Waals surface area contributed by atoms with Crippen molar-refractivity contribution in [1.29, 1.82) is 0 Å². The lowest BCUT2D eigenvalue weighted by molar-refractivity contribution is 0.419. The molecule has 0 spiro atoms. The second-order valence-corrected chi connectivity index (χ2v) is 5.16. The number of methoxy groups -OCH3 is 1. The number of ether oxygens (including phenoxy) is 1. The average molecular weight is 278 g/mol. The third kappa shape index (κ3) is 2.42. The largest absolute Gasteiger partial charge is 0.494 e. The van der Waals surface area contributed by atoms with Crippen molar-refractivity contribution in [1.82, 2.24) is 4.98 Å². The van der Waals surface area contributed by atoms with Gasteiger partial charge in [0.15, 0.2) is 0 Å². The maximum absolute atomic E-state index is 5.40. The molecule has 0 bridgehead atoms. The van der Waals surface area contributed by atoms with E-state index in [0.717, 1.165) is 16.7 Å². The second kappa shape index (κ2) is 5.44. The fraction of sp³-hybridized carbons (Fsp3) is 0.167. The van der Waals surface area contributed by atoms with Gasteiger partial charge in [-0.2, -0.15) is 0 Å². The first-order valence-corrected chi connectivity index (χ1v) is 6.90. The van der Waals surface area contributed by atoms with E-state index in [0.29, 0.717) is 0 Å². The van der Waals surface area contributed by atoms with Crippen molar-refractivity contribution in [2.24, 2.45) is 0 Å². The molecule has 0 fully saturated rings. The summed E-state index contributed by atoms with van der Waals surface area (Å²) in [4.78, 5) is 6.55. The molecule has 0 saturated heterocycles. The van der Waals surface area contributed by atoms with Gasteiger partial charge in [0.25, 0.3) is 0 Å². The molecule has 0 atom stereocenters. The highest BCUT2D eigenvalue weighted by molar-refractivity contribution is 5.97. The molecule has 0 aliphatic heterocycles. The van der Waals surface area contributed by atoms with Crippen molar-refractivity contribution >= 4 is 16.6 Å². The van der Waals surface area contributed by atoms with Crippen LogP contribution in [-0.4, -0.2) is 26.2 Å². The Kier molecular flexibility index (Phi) is 3.48. The van der Waals surface area contributed by atoms with Crippen molar-refractivity contribution in [3.8, 4) is 16.9 Å². The molecule has 0 aliphatic carbocycles. The molecule has 1 heterocycles. The van der Waals surface area contributed by atoms with Crippen LogP contribution in [0, 0.1) is 0 Å². The van der Waals surface area contributed by atoms with Crippen LogP contribution in [0.25, 0.3) is 22.0 Å². The van der Waals surface area contributed by atoms with Crippen LogP contribution in [0.15, 0.2) is 54.7 Å². The van der Waals surface area contributed by atoms with Crippen molar-refractivity contribution in [3.63, 3.8) is 0 Å². The molecular weight excluding hydrogens is 260 g/mol. The standard InChI is InChI=1S/C18H18N2O/c1-20(2)14-8-6-13(7-9-14)15-10-11-17(21-3)18-16(15)5-4-12-19-18/h4-12H,1-3H3. The van der Waals surface area contributed by atoms with Crippen molar-refractivity contribution in [3.05, 3.63) is 54.7 Å². The molecule has 0 amide bonds. The van der Waals surface area contributed by atoms with Gasteiger partial charge in [0.1, 0.15) is 11.3 Å². The van der Waals surface area contributed by atoms with Gasteiger partial charge >= 0.3 is 0 Å². The van der Waals surface area contributed by atoms with Crippen LogP contribution in [0.1, 0.15) is 0 Å². The molecule has 0 N–H and O–H groups in total. The highest BCUT2D eigenvalue weighted by Crippen LogP contribution is 2.33. The molecular formula is C18H18N2O. The Bertz CT molecular complexity index is 764. The predicted molar refractivity (Wildman–Crippen MR) is 88.1 cm³/mol. The molecule has 3 aromatic rings. The van der Waals surface area contributed by atoms with E-state index in [1.165, 1.54) is 16.8 Å². The highest BCUT2D eigenvalue weighted by atomic mass is 16.5. The lowest BCUT2D eigenvalue weighted by Crippen LogP contribution is -2.07. The summed E-state index contributed by atoms with van der Waals surface area (Å²) in [7, 11) is 5.76. The number of pyridine rings is 1. The Hall–Kier alpha value is -2.55. The van der Waals surface area contributed by atoms with Crippen LogP contribution in [0.2, 0.25) is 0 Å². The fourth-order valence-electron chi connectivity index (χ4n) is 2.50. The van der Waals surface area contributed by atoms with Crippen molar-refractivity contribution in [2.75, 3.05) is 26.1 Å². The van der Waals surface area contributed by atoms with Gasteiger partial charge < -0.3 is 9.64 Å². The van der Waals surface area contributed by atoms with Crippen LogP contribution in [0.3, 0.4) is 0 Å². The maximum Gasteiger partial charge on any atom is 0.145 e. The number of aromatic nitrogens is 1. The Morgan fingerprint density at radius 3 is 2.38 bits per heavy atom. The first kappa shape index (κ1) is 13.4. The number of rotatable bonds is 3. The Morgan fingerprint density at radius 1 is 0.952 bits per heavy atom. The first-order valence-electron chi connectivity index (χ1n) is 6.90. The van der Waals surface area contributed by atoms with Gasteiger partial charge in [-0.3, -0.25) is 4.98 Å². The summed E-state index contributed by atoms with van der Waals surface area (Å²) in [6.45, 7) is 0. The summed E-state index contributed by atoms with van der Waals surface area (Å²) < 4.78 is 5.40. The molecule has 2 aromatic carbocycles. The van der Waals surface area contributed by atoms with Gasteiger partial charge in [0.05, 0.1) is 7.11 Å². The Morgan fingerprint density at radius 2 is 1.71 bits per heavy atom. The number of fused-ring (bicyclic) bond motifs is 1. The third-order valence-electron chi connectivity index (χ3n) is 3.65. The van der Waals surface area contributed by atoms with Gasteiger partial charge in [-0.25, -0.2) is 0 Å². The lowest BCUT2D eigenvalue weighted by atomic mass is 10.00. The van der Waals surface area contributed by atoms with E-state index < -0.39 is 0 Å². The number of hydrogen-bond donors (Lipinski definition) is 0. The van der Waals surface area contributed by atoms with Crippen molar-refractivity contribution < 1.29 is 4.74 Å². The van der Waals surface area contributed by atoms with Gasteiger partial charge in [-0.15, -0.1) is 0 Å². The molecule has 3 nitrogen and oxygen atoms in total. The summed E-state index contributed by atoms with van der Waals surface area (Å²) in [5.74, 6) is 0.805. The van der Waals surface area contributed by atoms with Crippen LogP contribution < -0.4 is 9.64 Å². The van der Waals surface area contributed by atoms with E-state index >= 15 is 0 Å². The smallest absolute Gasteiger partial charge is 0.145 e. The zero-order valence-corrected chi connectivity index (χ0v) is 12.5. The molecule has 0 aliphatic rings. The summed E-state index contributed by atoms with van der Waals surface area (Å²) in [6.07, 6.45) is 1.80. The summed E-state index contributed by atoms with van der Waals surface area (Å²) in [5, 5.41) is 1.11. The lowest BCUT2D eigenvalue weighted by Gasteiger charge is -2.14. The third-order valence-corrected chi connectivity index (χ3v) is 3.65. The average Bonchev–Trinajstić information content (AvgIpc) is 2.54. The maximum atomic E-state index is 5.40. The molecule has 21 heavy (non-hydrogen) atoms. The minimum Gasteiger partial charge on any atom is -0.494 e. The number of hydrogen-bond acceptors (Lipinski definition) is 3. The number of benzene rings is 2. The SMILES string of the molecule is COc1ccc(-c2ccc(N(C)C)cc2)c2cccnc12. The van der Waals surface area contributed by atoms with Gasteiger partial charge in [-0.1, -0.05) is 18.2 Å². The normalized spacial score (nSPS) is 10.6. The zero-order valence-electron chi connectivity index (χ0n) is 12.5. The summed E-state index contributed by atoms with van der Waals surface area (Å²) in [5.41, 5.74) is 4.44. The number of nitrogens with zero attached hydrogens (tertiary/aromatic N) is 2. The zero-order chi connectivity index (χ0) is 14.8. The molecule has 3 rings (SSSR count). The quantitative estimate of drug-likeness (QED) is 0.724. The van der Waals surface area contributed by atoms with Crippen molar-refractivity contribution in [2.45, 2.75) is 0 Å². The predicted octanol–water partition coefficient (Wildman–Crippen LogP) is 3.98. The Balaban J connectivity index is 2.16. The van der Waals surface area contributed by atoms with E-state index in [9.17, 15) is 0 Å². The van der Waals surface area contributed by atoms with Gasteiger partial charge in [-0.05, 0) is 41.5 Å². The minimum absolute atomic E-state index is 0.805.